The van der Waals surface area contributed by atoms with Gasteiger partial charge in [-0.3, -0.25) is 9.69 Å². The molecule has 0 bridgehead atoms. The second kappa shape index (κ2) is 11.0. The van der Waals surface area contributed by atoms with Crippen molar-refractivity contribution in [1.82, 2.24) is 19.4 Å². The Labute approximate surface area is 254 Å². The fourth-order valence-corrected chi connectivity index (χ4v) is 7.33. The monoisotopic (exact) mass is 598 g/mol. The third kappa shape index (κ3) is 4.77. The van der Waals surface area contributed by atoms with Gasteiger partial charge in [0, 0.05) is 53.1 Å². The number of nitrogens with one attached hydrogen (secondary N) is 1. The summed E-state index contributed by atoms with van der Waals surface area (Å²) in [5.41, 5.74) is 5.49. The number of pyridine rings is 1. The van der Waals surface area contributed by atoms with Gasteiger partial charge in [-0.15, -0.1) is 0 Å². The zero-order chi connectivity index (χ0) is 28.8. The molecule has 1 aliphatic carbocycles. The molecular weight excluding hydrogens is 567 g/mol. The molecule has 6 nitrogen and oxygen atoms in total. The van der Waals surface area contributed by atoms with E-state index in [1.165, 1.54) is 11.1 Å². The first-order valence-corrected chi connectivity index (χ1v) is 15.2. The van der Waals surface area contributed by atoms with Crippen LogP contribution in [0, 0.1) is 5.92 Å². The summed E-state index contributed by atoms with van der Waals surface area (Å²) in [4.78, 5) is 23.0. The van der Waals surface area contributed by atoms with Crippen LogP contribution in [-0.2, 0) is 17.3 Å². The van der Waals surface area contributed by atoms with E-state index in [2.05, 4.69) is 56.8 Å². The number of H-pyrrole nitrogens is 1. The predicted molar refractivity (Wildman–Crippen MR) is 168 cm³/mol. The molecule has 8 heteroatoms. The van der Waals surface area contributed by atoms with Crippen LogP contribution in [0.5, 0.6) is 0 Å². The van der Waals surface area contributed by atoms with Gasteiger partial charge in [-0.25, -0.2) is 4.98 Å². The molecule has 2 aromatic heterocycles. The van der Waals surface area contributed by atoms with E-state index < -0.39 is 5.54 Å². The lowest BCUT2D eigenvalue weighted by Crippen LogP contribution is -2.56. The molecule has 214 valence electrons. The minimum Gasteiger partial charge on any atom is -0.379 e. The van der Waals surface area contributed by atoms with Crippen LogP contribution in [-0.4, -0.2) is 45.7 Å². The van der Waals surface area contributed by atoms with Gasteiger partial charge in [0.05, 0.1) is 37.0 Å². The molecule has 42 heavy (non-hydrogen) atoms. The highest BCUT2D eigenvalue weighted by Gasteiger charge is 2.54. The van der Waals surface area contributed by atoms with Crippen LogP contribution in [0.3, 0.4) is 0 Å². The molecule has 1 saturated carbocycles. The standard InChI is InChI=1S/C34H32Cl2N4O2/c1-39-21-37-20-31(39)34(40-13-15-42-16-14-40,25-8-10-26(35)11-9-25)33(22-5-6-22)24-7-12-30-29(18-24)28(19-32(41)38-30)23-3-2-4-27(36)17-23/h2-4,7-12,17-22,33H,5-6,13-16H2,1H3,(H,38,41). The SMILES string of the molecule is Cn1cncc1C(c1ccc(Cl)cc1)(C(c1ccc2[nH]c(=O)cc(-c3cccc(Cl)c3)c2c1)C1CC1)N1CCOCC1. The zero-order valence-electron chi connectivity index (χ0n) is 23.4. The van der Waals surface area contributed by atoms with E-state index in [1.54, 1.807) is 6.07 Å². The molecule has 0 spiro atoms. The lowest BCUT2D eigenvalue weighted by atomic mass is 9.68. The number of rotatable bonds is 7. The Morgan fingerprint density at radius 3 is 2.45 bits per heavy atom. The van der Waals surface area contributed by atoms with Crippen molar-refractivity contribution >= 4 is 34.1 Å². The van der Waals surface area contributed by atoms with Crippen molar-refractivity contribution in [3.63, 3.8) is 0 Å². The highest BCUT2D eigenvalue weighted by molar-refractivity contribution is 6.31. The highest BCUT2D eigenvalue weighted by Crippen LogP contribution is 2.57. The van der Waals surface area contributed by atoms with Gasteiger partial charge in [-0.1, -0.05) is 53.5 Å². The van der Waals surface area contributed by atoms with Gasteiger partial charge in [0.1, 0.15) is 0 Å². The normalized spacial score (nSPS) is 18.2. The summed E-state index contributed by atoms with van der Waals surface area (Å²) in [6.07, 6.45) is 6.21. The molecule has 1 aliphatic heterocycles. The number of hydrogen-bond acceptors (Lipinski definition) is 4. The van der Waals surface area contributed by atoms with Crippen molar-refractivity contribution in [2.45, 2.75) is 24.3 Å². The predicted octanol–water partition coefficient (Wildman–Crippen LogP) is 7.01. The summed E-state index contributed by atoms with van der Waals surface area (Å²) < 4.78 is 8.03. The number of benzene rings is 3. The van der Waals surface area contributed by atoms with E-state index in [0.29, 0.717) is 29.2 Å². The van der Waals surface area contributed by atoms with Crippen molar-refractivity contribution in [1.29, 1.82) is 0 Å². The summed E-state index contributed by atoms with van der Waals surface area (Å²) in [7, 11) is 2.08. The Kier molecular flexibility index (Phi) is 7.19. The molecule has 0 radical (unpaired) electrons. The van der Waals surface area contributed by atoms with Crippen molar-refractivity contribution in [2.24, 2.45) is 13.0 Å². The minimum absolute atomic E-state index is 0.107. The Bertz CT molecular complexity index is 1800. The maximum absolute atomic E-state index is 12.7. The van der Waals surface area contributed by atoms with E-state index >= 15 is 0 Å². The number of ether oxygens (including phenoxy) is 1. The van der Waals surface area contributed by atoms with Gasteiger partial charge in [0.2, 0.25) is 5.56 Å². The Morgan fingerprint density at radius 1 is 0.976 bits per heavy atom. The van der Waals surface area contributed by atoms with Crippen LogP contribution in [0.25, 0.3) is 22.0 Å². The first kappa shape index (κ1) is 27.4. The van der Waals surface area contributed by atoms with Crippen LogP contribution in [0.2, 0.25) is 10.0 Å². The third-order valence-electron chi connectivity index (χ3n) is 8.91. The lowest BCUT2D eigenvalue weighted by molar-refractivity contribution is -0.0256. The molecule has 3 heterocycles. The summed E-state index contributed by atoms with van der Waals surface area (Å²) in [6, 6.07) is 24.3. The Balaban J connectivity index is 1.52. The first-order valence-electron chi connectivity index (χ1n) is 14.4. The van der Waals surface area contributed by atoms with E-state index in [1.807, 2.05) is 48.9 Å². The van der Waals surface area contributed by atoms with E-state index in [9.17, 15) is 4.79 Å². The van der Waals surface area contributed by atoms with Gasteiger partial charge in [0.25, 0.3) is 0 Å². The molecule has 1 saturated heterocycles. The van der Waals surface area contributed by atoms with Crippen molar-refractivity contribution in [2.75, 3.05) is 26.3 Å². The number of imidazole rings is 1. The summed E-state index contributed by atoms with van der Waals surface area (Å²) in [5.74, 6) is 0.573. The van der Waals surface area contributed by atoms with Crippen LogP contribution in [0.4, 0.5) is 0 Å². The molecule has 1 N–H and O–H groups in total. The molecular formula is C34H32Cl2N4O2. The largest absolute Gasteiger partial charge is 0.379 e. The van der Waals surface area contributed by atoms with Gasteiger partial charge in [-0.05, 0) is 77.4 Å². The average molecular weight is 600 g/mol. The van der Waals surface area contributed by atoms with Crippen LogP contribution >= 0.6 is 23.2 Å². The maximum atomic E-state index is 12.7. The number of nitrogens with zero attached hydrogens (tertiary/aromatic N) is 3. The fourth-order valence-electron chi connectivity index (χ4n) is 7.02. The van der Waals surface area contributed by atoms with Gasteiger partial charge >= 0.3 is 0 Å². The second-order valence-electron chi connectivity index (χ2n) is 11.4. The first-order chi connectivity index (χ1) is 20.4. The molecule has 5 aromatic rings. The topological polar surface area (TPSA) is 63.2 Å². The van der Waals surface area contributed by atoms with Crippen LogP contribution in [0.15, 0.2) is 90.1 Å². The van der Waals surface area contributed by atoms with Gasteiger partial charge in [0.15, 0.2) is 0 Å². The number of aryl methyl sites for hydroxylation is 1. The second-order valence-corrected chi connectivity index (χ2v) is 12.3. The lowest BCUT2D eigenvalue weighted by Gasteiger charge is -2.51. The van der Waals surface area contributed by atoms with Crippen LogP contribution < -0.4 is 5.56 Å². The van der Waals surface area contributed by atoms with Crippen LogP contribution in [0.1, 0.15) is 35.6 Å². The maximum Gasteiger partial charge on any atom is 0.249 e. The summed E-state index contributed by atoms with van der Waals surface area (Å²) in [6.45, 7) is 2.93. The van der Waals surface area contributed by atoms with Gasteiger partial charge in [-0.2, -0.15) is 0 Å². The number of fused-ring (bicyclic) bond motifs is 1. The van der Waals surface area contributed by atoms with Crippen molar-refractivity contribution in [3.05, 3.63) is 123 Å². The minimum atomic E-state index is -0.521. The molecule has 2 atom stereocenters. The van der Waals surface area contributed by atoms with Gasteiger partial charge < -0.3 is 14.3 Å². The number of aromatic nitrogens is 3. The Hall–Kier alpha value is -3.42. The molecule has 3 aromatic carbocycles. The summed E-state index contributed by atoms with van der Waals surface area (Å²) >= 11 is 12.8. The fraction of sp³-hybridized carbons (Fsp3) is 0.294. The van der Waals surface area contributed by atoms with E-state index in [-0.39, 0.29) is 11.5 Å². The number of morpholine rings is 1. The van der Waals surface area contributed by atoms with Crippen molar-refractivity contribution < 1.29 is 4.74 Å². The van der Waals surface area contributed by atoms with E-state index in [0.717, 1.165) is 53.7 Å². The molecule has 2 fully saturated rings. The van der Waals surface area contributed by atoms with E-state index in [4.69, 9.17) is 27.9 Å². The summed E-state index contributed by atoms with van der Waals surface area (Å²) in [5, 5.41) is 2.35. The average Bonchev–Trinajstić information content (AvgIpc) is 3.75. The Morgan fingerprint density at radius 2 is 1.76 bits per heavy atom. The molecule has 2 unspecified atom stereocenters. The number of halogens is 2. The highest BCUT2D eigenvalue weighted by atomic mass is 35.5. The zero-order valence-corrected chi connectivity index (χ0v) is 24.9. The molecule has 2 aliphatic rings. The smallest absolute Gasteiger partial charge is 0.249 e. The third-order valence-corrected chi connectivity index (χ3v) is 9.39. The molecule has 7 rings (SSSR count). The molecule has 0 amide bonds. The quantitative estimate of drug-likeness (QED) is 0.219. The van der Waals surface area contributed by atoms with Crippen molar-refractivity contribution in [3.8, 4) is 11.1 Å². The number of hydrogen-bond donors (Lipinski definition) is 1. The number of aromatic amines is 1.